The molecule has 4 heterocycles. The average molecular weight is 495 g/mol. The second-order valence-corrected chi connectivity index (χ2v) is 10.5. The number of piperidine rings is 1. The van der Waals surface area contributed by atoms with Crippen LogP contribution in [0, 0.1) is 0 Å². The number of hydrogen-bond donors (Lipinski definition) is 2. The predicted molar refractivity (Wildman–Crippen MR) is 149 cm³/mol. The molecule has 1 saturated heterocycles. The molecule has 37 heavy (non-hydrogen) atoms. The summed E-state index contributed by atoms with van der Waals surface area (Å²) < 4.78 is 2.00. The van der Waals surface area contributed by atoms with Crippen LogP contribution in [0.2, 0.25) is 0 Å². The predicted octanol–water partition coefficient (Wildman–Crippen LogP) is 5.59. The van der Waals surface area contributed by atoms with Crippen molar-refractivity contribution < 1.29 is 0 Å². The molecule has 8 nitrogen and oxygen atoms in total. The number of rotatable bonds is 7. The smallest absolute Gasteiger partial charge is 0.145 e. The molecule has 3 aromatic heterocycles. The van der Waals surface area contributed by atoms with Crippen LogP contribution < -0.4 is 10.6 Å². The Hall–Kier alpha value is -3.78. The Bertz CT molecular complexity index is 1440. The van der Waals surface area contributed by atoms with Gasteiger partial charge in [-0.3, -0.25) is 9.67 Å². The highest BCUT2D eigenvalue weighted by atomic mass is 15.3. The van der Waals surface area contributed by atoms with Crippen LogP contribution >= 0.6 is 0 Å². The number of aromatic nitrogens is 5. The van der Waals surface area contributed by atoms with Gasteiger partial charge in [0, 0.05) is 46.7 Å². The van der Waals surface area contributed by atoms with E-state index in [1.807, 2.05) is 29.5 Å². The van der Waals surface area contributed by atoms with E-state index in [2.05, 4.69) is 77.0 Å². The monoisotopic (exact) mass is 494 g/mol. The zero-order chi connectivity index (χ0) is 25.4. The molecule has 1 aromatic carbocycles. The van der Waals surface area contributed by atoms with E-state index in [1.54, 1.807) is 0 Å². The van der Waals surface area contributed by atoms with Gasteiger partial charge in [0.2, 0.25) is 0 Å². The molecule has 0 spiro atoms. The number of benzene rings is 1. The van der Waals surface area contributed by atoms with Crippen molar-refractivity contribution in [1.82, 2.24) is 29.6 Å². The molecular weight excluding hydrogens is 460 g/mol. The maximum atomic E-state index is 4.89. The van der Waals surface area contributed by atoms with E-state index in [0.29, 0.717) is 12.1 Å². The number of likely N-dealkylation sites (tertiary alicyclic amines) is 1. The van der Waals surface area contributed by atoms with E-state index in [0.717, 1.165) is 83.7 Å². The molecule has 190 valence electrons. The van der Waals surface area contributed by atoms with Crippen LogP contribution in [0.1, 0.15) is 51.1 Å². The van der Waals surface area contributed by atoms with Crippen molar-refractivity contribution >= 4 is 28.1 Å². The van der Waals surface area contributed by atoms with Gasteiger partial charge in [0.25, 0.3) is 0 Å². The first-order valence-corrected chi connectivity index (χ1v) is 13.2. The van der Waals surface area contributed by atoms with Crippen LogP contribution in [0.5, 0.6) is 0 Å². The second kappa shape index (κ2) is 9.94. The summed E-state index contributed by atoms with van der Waals surface area (Å²) in [6, 6.07) is 9.26. The highest BCUT2D eigenvalue weighted by Gasteiger charge is 2.21. The molecular formula is C29H34N8. The summed E-state index contributed by atoms with van der Waals surface area (Å²) in [5.74, 6) is 1.67. The Labute approximate surface area is 217 Å². The molecule has 2 N–H and O–H groups in total. The number of anilines is 2. The Morgan fingerprint density at radius 3 is 2.57 bits per heavy atom. The molecule has 0 unspecified atom stereocenters. The fourth-order valence-corrected chi connectivity index (χ4v) is 4.86. The third kappa shape index (κ3) is 5.34. The first-order chi connectivity index (χ1) is 18.0. The largest absolute Gasteiger partial charge is 0.366 e. The van der Waals surface area contributed by atoms with Crippen molar-refractivity contribution in [2.45, 2.75) is 51.6 Å². The van der Waals surface area contributed by atoms with Crippen molar-refractivity contribution in [3.8, 4) is 11.3 Å². The zero-order valence-electron chi connectivity index (χ0n) is 21.8. The third-order valence-corrected chi connectivity index (χ3v) is 7.25. The summed E-state index contributed by atoms with van der Waals surface area (Å²) in [7, 11) is 2.18. The molecule has 4 aromatic rings. The van der Waals surface area contributed by atoms with Crippen molar-refractivity contribution in [2.75, 3.05) is 30.8 Å². The van der Waals surface area contributed by atoms with E-state index in [-0.39, 0.29) is 0 Å². The first-order valence-electron chi connectivity index (χ1n) is 13.2. The van der Waals surface area contributed by atoms with Crippen LogP contribution in [0.15, 0.2) is 60.8 Å². The number of nitrogens with zero attached hydrogens (tertiary/aromatic N) is 6. The third-order valence-electron chi connectivity index (χ3n) is 7.25. The minimum absolute atomic E-state index is 0.331. The molecule has 1 aliphatic heterocycles. The van der Waals surface area contributed by atoms with Crippen molar-refractivity contribution in [2.24, 2.45) is 0 Å². The molecule has 0 bridgehead atoms. The minimum atomic E-state index is 0.331. The summed E-state index contributed by atoms with van der Waals surface area (Å²) in [6.45, 7) is 6.50. The molecule has 1 saturated carbocycles. The van der Waals surface area contributed by atoms with Gasteiger partial charge in [-0.25, -0.2) is 9.97 Å². The highest BCUT2D eigenvalue weighted by Crippen LogP contribution is 2.37. The van der Waals surface area contributed by atoms with Gasteiger partial charge >= 0.3 is 0 Å². The SMILES string of the molecule is CC(C)n1cc(C(Nc2cc3cc(-c4cncc(NC5CCN(C)CC5)n4)ccc3cn2)=C2CC2)cn1. The van der Waals surface area contributed by atoms with Crippen LogP contribution in [-0.2, 0) is 0 Å². The fraction of sp³-hybridized carbons (Fsp3) is 0.379. The molecule has 0 atom stereocenters. The van der Waals surface area contributed by atoms with E-state index in [4.69, 9.17) is 9.97 Å². The fourth-order valence-electron chi connectivity index (χ4n) is 4.86. The Morgan fingerprint density at radius 2 is 1.81 bits per heavy atom. The molecule has 2 fully saturated rings. The van der Waals surface area contributed by atoms with Crippen LogP contribution in [0.3, 0.4) is 0 Å². The highest BCUT2D eigenvalue weighted by molar-refractivity contribution is 5.90. The Kier molecular flexibility index (Phi) is 6.34. The zero-order valence-corrected chi connectivity index (χ0v) is 21.8. The van der Waals surface area contributed by atoms with E-state index in [1.165, 1.54) is 5.57 Å². The molecule has 1 aliphatic carbocycles. The number of nitrogens with one attached hydrogen (secondary N) is 2. The van der Waals surface area contributed by atoms with Gasteiger partial charge in [-0.2, -0.15) is 5.10 Å². The number of allylic oxidation sites excluding steroid dienone is 1. The van der Waals surface area contributed by atoms with Crippen molar-refractivity contribution in [1.29, 1.82) is 0 Å². The van der Waals surface area contributed by atoms with Gasteiger partial charge < -0.3 is 15.5 Å². The summed E-state index contributed by atoms with van der Waals surface area (Å²) in [6.07, 6.45) is 14.1. The van der Waals surface area contributed by atoms with Crippen LogP contribution in [0.4, 0.5) is 11.6 Å². The standard InChI is InChI=1S/C29H34N8/c1-19(2)37-18-24(15-32-37)29(20-4-5-20)35-27-13-23-12-21(6-7-22(23)14-31-27)26-16-30-17-28(34-26)33-25-8-10-36(3)11-9-25/h6-7,12-19,25H,4-5,8-11H2,1-3H3,(H,31,35)(H,33,34). The van der Waals surface area contributed by atoms with Crippen LogP contribution in [-0.4, -0.2) is 55.8 Å². The number of hydrogen-bond acceptors (Lipinski definition) is 7. The molecule has 8 heteroatoms. The van der Waals surface area contributed by atoms with Crippen LogP contribution in [0.25, 0.3) is 27.7 Å². The molecule has 2 aliphatic rings. The van der Waals surface area contributed by atoms with Gasteiger partial charge in [0.1, 0.15) is 11.6 Å². The summed E-state index contributed by atoms with van der Waals surface area (Å²) in [4.78, 5) is 16.4. The van der Waals surface area contributed by atoms with E-state index in [9.17, 15) is 0 Å². The lowest BCUT2D eigenvalue weighted by Crippen LogP contribution is -2.36. The van der Waals surface area contributed by atoms with Gasteiger partial charge in [0.05, 0.1) is 24.3 Å². The minimum Gasteiger partial charge on any atom is -0.366 e. The lowest BCUT2D eigenvalue weighted by Gasteiger charge is -2.29. The molecule has 0 radical (unpaired) electrons. The van der Waals surface area contributed by atoms with Gasteiger partial charge in [-0.15, -0.1) is 0 Å². The summed E-state index contributed by atoms with van der Waals surface area (Å²) in [5.41, 5.74) is 5.58. The van der Waals surface area contributed by atoms with Crippen molar-refractivity contribution in [3.05, 3.63) is 66.4 Å². The lowest BCUT2D eigenvalue weighted by molar-refractivity contribution is 0.263. The van der Waals surface area contributed by atoms with E-state index < -0.39 is 0 Å². The maximum Gasteiger partial charge on any atom is 0.145 e. The first kappa shape index (κ1) is 23.6. The van der Waals surface area contributed by atoms with Gasteiger partial charge in [0.15, 0.2) is 0 Å². The van der Waals surface area contributed by atoms with Gasteiger partial charge in [-0.05, 0) is 82.8 Å². The van der Waals surface area contributed by atoms with E-state index >= 15 is 0 Å². The number of fused-ring (bicyclic) bond motifs is 1. The molecule has 6 rings (SSSR count). The average Bonchev–Trinajstić information content (AvgIpc) is 3.63. The second-order valence-electron chi connectivity index (χ2n) is 10.5. The molecule has 0 amide bonds. The topological polar surface area (TPSA) is 83.8 Å². The lowest BCUT2D eigenvalue weighted by atomic mass is 10.1. The Balaban J connectivity index is 1.24. The van der Waals surface area contributed by atoms with Crippen molar-refractivity contribution in [3.63, 3.8) is 0 Å². The Morgan fingerprint density at radius 1 is 0.973 bits per heavy atom. The normalized spacial score (nSPS) is 16.4. The number of pyridine rings is 1. The quantitative estimate of drug-likeness (QED) is 0.346. The summed E-state index contributed by atoms with van der Waals surface area (Å²) in [5, 5.41) is 13.9. The summed E-state index contributed by atoms with van der Waals surface area (Å²) >= 11 is 0. The maximum absolute atomic E-state index is 4.89. The van der Waals surface area contributed by atoms with Gasteiger partial charge in [-0.1, -0.05) is 12.1 Å².